The number of hydrogen-bond donors (Lipinski definition) is 3. The van der Waals surface area contributed by atoms with Gasteiger partial charge in [0, 0.05) is 23.8 Å². The lowest BCUT2D eigenvalue weighted by atomic mass is 10.1. The molecule has 0 aliphatic carbocycles. The zero-order chi connectivity index (χ0) is 13.7. The van der Waals surface area contributed by atoms with E-state index in [0.717, 1.165) is 37.3 Å². The molecule has 1 aromatic rings. The minimum Gasteiger partial charge on any atom is -0.382 e. The maximum Gasteiger partial charge on any atom is 0.224 e. The molecule has 19 heavy (non-hydrogen) atoms. The second-order valence-electron chi connectivity index (χ2n) is 5.10. The van der Waals surface area contributed by atoms with Gasteiger partial charge in [0.2, 0.25) is 5.91 Å². The molecule has 0 spiro atoms. The van der Waals surface area contributed by atoms with Crippen LogP contribution in [-0.2, 0) is 4.79 Å². The second-order valence-corrected chi connectivity index (χ2v) is 5.10. The van der Waals surface area contributed by atoms with Crippen molar-refractivity contribution in [2.45, 2.75) is 39.2 Å². The van der Waals surface area contributed by atoms with Gasteiger partial charge in [0.25, 0.3) is 0 Å². The Kier molecular flexibility index (Phi) is 4.80. The molecule has 0 aromatic heterocycles. The number of carbonyl (C=O) groups is 1. The molecule has 4 heteroatoms. The number of amides is 1. The number of rotatable bonds is 4. The third-order valence-electron chi connectivity index (χ3n) is 3.54. The number of benzene rings is 1. The fourth-order valence-corrected chi connectivity index (χ4v) is 2.29. The standard InChI is InChI=1S/C15H23N3O/c1-3-15(19)18-13-5-4-11(2)14(10-13)17-12-6-8-16-9-7-12/h4-5,10,12,16-17H,3,6-9H2,1-2H3,(H,18,19). The van der Waals surface area contributed by atoms with E-state index < -0.39 is 0 Å². The summed E-state index contributed by atoms with van der Waals surface area (Å²) in [5, 5.41) is 9.86. The van der Waals surface area contributed by atoms with Crippen LogP contribution in [0.25, 0.3) is 0 Å². The van der Waals surface area contributed by atoms with Crippen molar-refractivity contribution in [3.8, 4) is 0 Å². The average molecular weight is 261 g/mol. The third-order valence-corrected chi connectivity index (χ3v) is 3.54. The first-order valence-corrected chi connectivity index (χ1v) is 7.07. The Labute approximate surface area is 115 Å². The van der Waals surface area contributed by atoms with Gasteiger partial charge in [0.1, 0.15) is 0 Å². The van der Waals surface area contributed by atoms with E-state index in [1.54, 1.807) is 0 Å². The fourth-order valence-electron chi connectivity index (χ4n) is 2.29. The molecule has 0 unspecified atom stereocenters. The van der Waals surface area contributed by atoms with Gasteiger partial charge >= 0.3 is 0 Å². The van der Waals surface area contributed by atoms with Gasteiger partial charge < -0.3 is 16.0 Å². The number of anilines is 2. The molecular weight excluding hydrogens is 238 g/mol. The first-order chi connectivity index (χ1) is 9.19. The predicted molar refractivity (Wildman–Crippen MR) is 79.6 cm³/mol. The van der Waals surface area contributed by atoms with E-state index in [0.29, 0.717) is 12.5 Å². The molecule has 1 fully saturated rings. The molecule has 1 aliphatic rings. The van der Waals surface area contributed by atoms with E-state index in [-0.39, 0.29) is 5.91 Å². The molecule has 1 aliphatic heterocycles. The summed E-state index contributed by atoms with van der Waals surface area (Å²) in [6.45, 7) is 6.10. The van der Waals surface area contributed by atoms with E-state index in [9.17, 15) is 4.79 Å². The van der Waals surface area contributed by atoms with Crippen molar-refractivity contribution in [2.75, 3.05) is 23.7 Å². The van der Waals surface area contributed by atoms with Gasteiger partial charge in [-0.3, -0.25) is 4.79 Å². The summed E-state index contributed by atoms with van der Waals surface area (Å²) in [6.07, 6.45) is 2.79. The number of nitrogens with one attached hydrogen (secondary N) is 3. The maximum atomic E-state index is 11.4. The summed E-state index contributed by atoms with van der Waals surface area (Å²) in [7, 11) is 0. The van der Waals surface area contributed by atoms with Crippen LogP contribution in [0.1, 0.15) is 31.7 Å². The Morgan fingerprint density at radius 3 is 2.79 bits per heavy atom. The zero-order valence-electron chi connectivity index (χ0n) is 11.8. The first-order valence-electron chi connectivity index (χ1n) is 7.07. The van der Waals surface area contributed by atoms with Crippen molar-refractivity contribution in [3.63, 3.8) is 0 Å². The molecule has 1 aromatic carbocycles. The molecule has 0 radical (unpaired) electrons. The topological polar surface area (TPSA) is 53.2 Å². The van der Waals surface area contributed by atoms with E-state index in [1.165, 1.54) is 5.56 Å². The summed E-state index contributed by atoms with van der Waals surface area (Å²) >= 11 is 0. The van der Waals surface area contributed by atoms with Crippen LogP contribution in [0.15, 0.2) is 18.2 Å². The predicted octanol–water partition coefficient (Wildman–Crippen LogP) is 2.51. The van der Waals surface area contributed by atoms with Crippen molar-refractivity contribution < 1.29 is 4.79 Å². The van der Waals surface area contributed by atoms with Crippen LogP contribution in [-0.4, -0.2) is 25.0 Å². The Morgan fingerprint density at radius 2 is 2.11 bits per heavy atom. The van der Waals surface area contributed by atoms with Gasteiger partial charge in [-0.25, -0.2) is 0 Å². The van der Waals surface area contributed by atoms with Crippen molar-refractivity contribution in [1.29, 1.82) is 0 Å². The van der Waals surface area contributed by atoms with Gasteiger partial charge in [-0.1, -0.05) is 13.0 Å². The SMILES string of the molecule is CCC(=O)Nc1ccc(C)c(NC2CCNCC2)c1. The smallest absolute Gasteiger partial charge is 0.224 e. The highest BCUT2D eigenvalue weighted by atomic mass is 16.1. The second kappa shape index (κ2) is 6.57. The van der Waals surface area contributed by atoms with Crippen molar-refractivity contribution in [2.24, 2.45) is 0 Å². The lowest BCUT2D eigenvalue weighted by molar-refractivity contribution is -0.115. The molecule has 0 atom stereocenters. The normalized spacial score (nSPS) is 16.1. The Morgan fingerprint density at radius 1 is 1.37 bits per heavy atom. The lowest BCUT2D eigenvalue weighted by Gasteiger charge is -2.25. The minimum absolute atomic E-state index is 0.0525. The van der Waals surface area contributed by atoms with Gasteiger partial charge in [0.05, 0.1) is 0 Å². The molecule has 0 saturated carbocycles. The monoisotopic (exact) mass is 261 g/mol. The highest BCUT2D eigenvalue weighted by molar-refractivity contribution is 5.91. The van der Waals surface area contributed by atoms with Gasteiger partial charge in [-0.15, -0.1) is 0 Å². The Hall–Kier alpha value is -1.55. The third kappa shape index (κ3) is 3.96. The van der Waals surface area contributed by atoms with Crippen molar-refractivity contribution >= 4 is 17.3 Å². The number of carbonyl (C=O) groups excluding carboxylic acids is 1. The number of aryl methyl sites for hydroxylation is 1. The van der Waals surface area contributed by atoms with Gasteiger partial charge in [-0.2, -0.15) is 0 Å². The molecule has 4 nitrogen and oxygen atoms in total. The molecule has 0 bridgehead atoms. The van der Waals surface area contributed by atoms with Crippen molar-refractivity contribution in [3.05, 3.63) is 23.8 Å². The van der Waals surface area contributed by atoms with E-state index >= 15 is 0 Å². The summed E-state index contributed by atoms with van der Waals surface area (Å²) in [5.74, 6) is 0.0525. The summed E-state index contributed by atoms with van der Waals surface area (Å²) in [6, 6.07) is 6.56. The average Bonchev–Trinajstić information content (AvgIpc) is 2.43. The van der Waals surface area contributed by atoms with Gasteiger partial charge in [-0.05, 0) is 50.6 Å². The number of hydrogen-bond acceptors (Lipinski definition) is 3. The van der Waals surface area contributed by atoms with Crippen LogP contribution in [0.3, 0.4) is 0 Å². The van der Waals surface area contributed by atoms with E-state index in [2.05, 4.69) is 28.9 Å². The lowest BCUT2D eigenvalue weighted by Crippen LogP contribution is -2.35. The Bertz CT molecular complexity index is 439. The summed E-state index contributed by atoms with van der Waals surface area (Å²) < 4.78 is 0. The highest BCUT2D eigenvalue weighted by Gasteiger charge is 2.13. The van der Waals surface area contributed by atoms with Crippen LogP contribution in [0, 0.1) is 6.92 Å². The van der Waals surface area contributed by atoms with Crippen LogP contribution < -0.4 is 16.0 Å². The van der Waals surface area contributed by atoms with Crippen LogP contribution >= 0.6 is 0 Å². The molecular formula is C15H23N3O. The molecule has 3 N–H and O–H groups in total. The molecule has 1 saturated heterocycles. The van der Waals surface area contributed by atoms with Crippen LogP contribution in [0.5, 0.6) is 0 Å². The summed E-state index contributed by atoms with van der Waals surface area (Å²) in [4.78, 5) is 11.4. The van der Waals surface area contributed by atoms with E-state index in [4.69, 9.17) is 0 Å². The maximum absolute atomic E-state index is 11.4. The van der Waals surface area contributed by atoms with Crippen LogP contribution in [0.4, 0.5) is 11.4 Å². The van der Waals surface area contributed by atoms with Gasteiger partial charge in [0.15, 0.2) is 0 Å². The molecule has 1 heterocycles. The molecule has 104 valence electrons. The Balaban J connectivity index is 2.05. The molecule has 2 rings (SSSR count). The minimum atomic E-state index is 0.0525. The highest BCUT2D eigenvalue weighted by Crippen LogP contribution is 2.22. The summed E-state index contributed by atoms with van der Waals surface area (Å²) in [5.41, 5.74) is 3.21. The molecule has 1 amide bonds. The quantitative estimate of drug-likeness (QED) is 0.780. The number of piperidine rings is 1. The first kappa shape index (κ1) is 13.9. The van der Waals surface area contributed by atoms with Crippen molar-refractivity contribution in [1.82, 2.24) is 5.32 Å². The zero-order valence-corrected chi connectivity index (χ0v) is 11.8. The van der Waals surface area contributed by atoms with Crippen LogP contribution in [0.2, 0.25) is 0 Å². The largest absolute Gasteiger partial charge is 0.382 e. The van der Waals surface area contributed by atoms with E-state index in [1.807, 2.05) is 19.1 Å². The fraction of sp³-hybridized carbons (Fsp3) is 0.533.